The number of hydrogen-bond acceptors (Lipinski definition) is 6. The van der Waals surface area contributed by atoms with Gasteiger partial charge in [0, 0.05) is 26.1 Å². The number of nitrogens with zero attached hydrogens (tertiary/aromatic N) is 1. The zero-order valence-corrected chi connectivity index (χ0v) is 20.0. The highest BCUT2D eigenvalue weighted by Crippen LogP contribution is 2.63. The summed E-state index contributed by atoms with van der Waals surface area (Å²) in [7, 11) is -4.62. The lowest BCUT2D eigenvalue weighted by atomic mass is 10.1. The first-order valence-electron chi connectivity index (χ1n) is 8.99. The highest BCUT2D eigenvalue weighted by molar-refractivity contribution is 9.10. The fourth-order valence-electron chi connectivity index (χ4n) is 2.74. The molecule has 1 aromatic rings. The summed E-state index contributed by atoms with van der Waals surface area (Å²) in [5.74, 6) is -0.713. The standard InChI is InChI=1S/C18H28BrNO6SSi/c1-13(21)26-11-14-5-6-15(16(19)9-14)17-10-18(22)20(27(17,23)24)12-25-7-8-28(2,3)4/h5-6,9,17,23-24H,7-8,10-12H2,1-4H3. The van der Waals surface area contributed by atoms with Gasteiger partial charge in [-0.3, -0.25) is 18.7 Å². The van der Waals surface area contributed by atoms with Crippen LogP contribution in [0.15, 0.2) is 22.7 Å². The Bertz CT molecular complexity index is 739. The summed E-state index contributed by atoms with van der Waals surface area (Å²) in [6, 6.07) is 6.17. The van der Waals surface area contributed by atoms with Crippen LogP contribution >= 0.6 is 26.7 Å². The molecule has 0 radical (unpaired) electrons. The third-order valence-electron chi connectivity index (χ3n) is 4.40. The summed E-state index contributed by atoms with van der Waals surface area (Å²) < 4.78 is 33.7. The molecule has 0 bridgehead atoms. The lowest BCUT2D eigenvalue weighted by Gasteiger charge is -2.40. The van der Waals surface area contributed by atoms with Crippen LogP contribution in [0.25, 0.3) is 0 Å². The van der Waals surface area contributed by atoms with E-state index in [4.69, 9.17) is 9.47 Å². The number of amides is 1. The van der Waals surface area contributed by atoms with Gasteiger partial charge in [0.1, 0.15) is 18.6 Å². The van der Waals surface area contributed by atoms with E-state index >= 15 is 0 Å². The van der Waals surface area contributed by atoms with Gasteiger partial charge in [0.25, 0.3) is 0 Å². The van der Waals surface area contributed by atoms with Crippen LogP contribution in [0.4, 0.5) is 0 Å². The molecule has 0 saturated carbocycles. The largest absolute Gasteiger partial charge is 0.461 e. The molecular weight excluding hydrogens is 466 g/mol. The van der Waals surface area contributed by atoms with Gasteiger partial charge in [-0.25, -0.2) is 4.31 Å². The van der Waals surface area contributed by atoms with Gasteiger partial charge in [-0.05, 0) is 23.2 Å². The molecule has 1 heterocycles. The van der Waals surface area contributed by atoms with Crippen LogP contribution in [0.5, 0.6) is 0 Å². The van der Waals surface area contributed by atoms with E-state index in [0.717, 1.165) is 15.9 Å². The Morgan fingerprint density at radius 1 is 1.36 bits per heavy atom. The molecule has 1 amide bonds. The molecule has 10 heteroatoms. The second kappa shape index (κ2) is 9.27. The van der Waals surface area contributed by atoms with E-state index in [0.29, 0.717) is 16.6 Å². The van der Waals surface area contributed by atoms with Crippen LogP contribution in [0.3, 0.4) is 0 Å². The van der Waals surface area contributed by atoms with Crippen molar-refractivity contribution in [3.63, 3.8) is 0 Å². The smallest absolute Gasteiger partial charge is 0.302 e. The molecule has 0 aromatic heterocycles. The van der Waals surface area contributed by atoms with Crippen molar-refractivity contribution in [2.45, 2.75) is 50.9 Å². The molecule has 1 saturated heterocycles. The minimum Gasteiger partial charge on any atom is -0.461 e. The maximum atomic E-state index is 12.4. The monoisotopic (exact) mass is 493 g/mol. The van der Waals surface area contributed by atoms with Gasteiger partial charge >= 0.3 is 5.97 Å². The van der Waals surface area contributed by atoms with E-state index in [9.17, 15) is 18.7 Å². The number of carbonyl (C=O) groups is 2. The minimum absolute atomic E-state index is 0.00159. The molecule has 1 aliphatic rings. The Balaban J connectivity index is 2.08. The van der Waals surface area contributed by atoms with Crippen molar-refractivity contribution in [2.75, 3.05) is 13.3 Å². The quantitative estimate of drug-likeness (QED) is 0.307. The van der Waals surface area contributed by atoms with Crippen LogP contribution in [0, 0.1) is 0 Å². The fraction of sp³-hybridized carbons (Fsp3) is 0.556. The Kier molecular flexibility index (Phi) is 7.74. The van der Waals surface area contributed by atoms with Crippen LogP contribution in [-0.4, -0.2) is 46.7 Å². The Morgan fingerprint density at radius 3 is 2.61 bits per heavy atom. The van der Waals surface area contributed by atoms with E-state index < -0.39 is 24.1 Å². The lowest BCUT2D eigenvalue weighted by molar-refractivity contribution is -0.142. The van der Waals surface area contributed by atoms with Gasteiger partial charge in [0.05, 0.1) is 6.42 Å². The minimum atomic E-state index is -3.35. The zero-order chi connectivity index (χ0) is 21.1. The van der Waals surface area contributed by atoms with Crippen molar-refractivity contribution in [1.29, 1.82) is 0 Å². The van der Waals surface area contributed by atoms with Gasteiger partial charge in [-0.1, -0.05) is 47.7 Å². The third-order valence-corrected chi connectivity index (χ3v) is 8.94. The summed E-state index contributed by atoms with van der Waals surface area (Å²) in [6.07, 6.45) is 0.00159. The van der Waals surface area contributed by atoms with Crippen molar-refractivity contribution in [1.82, 2.24) is 4.31 Å². The summed E-state index contributed by atoms with van der Waals surface area (Å²) in [6.45, 7) is 8.52. The second-order valence-electron chi connectivity index (χ2n) is 8.01. The molecule has 1 fully saturated rings. The Labute approximate surface area is 177 Å². The molecular formula is C18H28BrNO6SSi. The number of carbonyl (C=O) groups excluding carboxylic acids is 2. The number of ether oxygens (including phenoxy) is 2. The molecule has 1 atom stereocenters. The Hall–Kier alpha value is -0.913. The van der Waals surface area contributed by atoms with Gasteiger partial charge < -0.3 is 9.47 Å². The van der Waals surface area contributed by atoms with E-state index in [-0.39, 0.29) is 31.6 Å². The normalized spacial score (nSPS) is 20.3. The molecule has 2 rings (SSSR count). The molecule has 1 aliphatic heterocycles. The van der Waals surface area contributed by atoms with Gasteiger partial charge in [0.2, 0.25) is 5.91 Å². The van der Waals surface area contributed by atoms with Crippen molar-refractivity contribution in [2.24, 2.45) is 0 Å². The van der Waals surface area contributed by atoms with E-state index in [1.807, 2.05) is 0 Å². The van der Waals surface area contributed by atoms with E-state index in [2.05, 4.69) is 35.6 Å². The highest BCUT2D eigenvalue weighted by atomic mass is 79.9. The predicted octanol–water partition coefficient (Wildman–Crippen LogP) is 4.76. The van der Waals surface area contributed by atoms with Crippen LogP contribution in [0.2, 0.25) is 25.7 Å². The summed E-state index contributed by atoms with van der Waals surface area (Å²) >= 11 is 3.44. The van der Waals surface area contributed by atoms with Gasteiger partial charge in [-0.2, -0.15) is 0 Å². The van der Waals surface area contributed by atoms with Crippen LogP contribution in [0.1, 0.15) is 29.7 Å². The fourth-order valence-corrected chi connectivity index (χ4v) is 6.17. The molecule has 158 valence electrons. The van der Waals surface area contributed by atoms with Crippen molar-refractivity contribution in [3.05, 3.63) is 33.8 Å². The Morgan fingerprint density at radius 2 is 2.04 bits per heavy atom. The van der Waals surface area contributed by atoms with Crippen LogP contribution in [-0.2, 0) is 25.7 Å². The molecule has 1 aromatic carbocycles. The van der Waals surface area contributed by atoms with Crippen LogP contribution < -0.4 is 0 Å². The SMILES string of the molecule is CC(=O)OCc1ccc(C2CC(=O)N(COCC[Si](C)(C)C)S2(O)O)c(Br)c1. The molecule has 7 nitrogen and oxygen atoms in total. The average molecular weight is 494 g/mol. The van der Waals surface area contributed by atoms with Gasteiger partial charge in [0.15, 0.2) is 0 Å². The first kappa shape index (κ1) is 23.4. The predicted molar refractivity (Wildman–Crippen MR) is 116 cm³/mol. The number of rotatable bonds is 8. The maximum absolute atomic E-state index is 12.4. The molecule has 0 aliphatic carbocycles. The third kappa shape index (κ3) is 6.04. The number of esters is 1. The maximum Gasteiger partial charge on any atom is 0.302 e. The van der Waals surface area contributed by atoms with E-state index in [1.165, 1.54) is 6.92 Å². The summed E-state index contributed by atoms with van der Waals surface area (Å²) in [5.41, 5.74) is 1.39. The molecule has 1 unspecified atom stereocenters. The molecule has 0 spiro atoms. The topological polar surface area (TPSA) is 96.3 Å². The first-order chi connectivity index (χ1) is 12.9. The molecule has 2 N–H and O–H groups in total. The van der Waals surface area contributed by atoms with Gasteiger partial charge in [-0.15, -0.1) is 10.8 Å². The van der Waals surface area contributed by atoms with E-state index in [1.54, 1.807) is 18.2 Å². The van der Waals surface area contributed by atoms with Crippen molar-refractivity contribution >= 4 is 46.7 Å². The molecule has 28 heavy (non-hydrogen) atoms. The first-order valence-corrected chi connectivity index (χ1v) is 15.1. The number of benzene rings is 1. The lowest BCUT2D eigenvalue weighted by Crippen LogP contribution is -2.31. The highest BCUT2D eigenvalue weighted by Gasteiger charge is 2.46. The second-order valence-corrected chi connectivity index (χ2v) is 16.6. The average Bonchev–Trinajstić information content (AvgIpc) is 2.78. The van der Waals surface area contributed by atoms with Crippen molar-refractivity contribution in [3.8, 4) is 0 Å². The number of halogens is 1. The summed E-state index contributed by atoms with van der Waals surface area (Å²) in [5, 5.41) is -0.738. The van der Waals surface area contributed by atoms with Crippen molar-refractivity contribution < 1.29 is 28.2 Å². The zero-order valence-electron chi connectivity index (χ0n) is 16.6. The summed E-state index contributed by atoms with van der Waals surface area (Å²) in [4.78, 5) is 23.4. The number of hydrogen-bond donors (Lipinski definition) is 2.